The van der Waals surface area contributed by atoms with E-state index < -0.39 is 32.7 Å². The van der Waals surface area contributed by atoms with Gasteiger partial charge in [0.15, 0.2) is 0 Å². The molecule has 0 saturated heterocycles. The molecule has 0 aliphatic rings. The van der Waals surface area contributed by atoms with Crippen molar-refractivity contribution in [1.29, 1.82) is 0 Å². The van der Waals surface area contributed by atoms with Crippen molar-refractivity contribution >= 4 is 10.0 Å². The van der Waals surface area contributed by atoms with Crippen molar-refractivity contribution in [1.82, 2.24) is 4.72 Å². The first kappa shape index (κ1) is 15.6. The summed E-state index contributed by atoms with van der Waals surface area (Å²) in [7, 11) is -4.03. The van der Waals surface area contributed by atoms with Gasteiger partial charge in [-0.15, -0.1) is 0 Å². The Morgan fingerprint density at radius 1 is 1.24 bits per heavy atom. The van der Waals surface area contributed by atoms with Crippen LogP contribution in [0.15, 0.2) is 46.1 Å². The first-order valence-corrected chi connectivity index (χ1v) is 7.53. The second-order valence-corrected chi connectivity index (χ2v) is 6.13. The van der Waals surface area contributed by atoms with Gasteiger partial charge in [0.05, 0.1) is 23.5 Å². The number of aliphatic hydroxyl groups is 1. The van der Waals surface area contributed by atoms with Gasteiger partial charge in [0.1, 0.15) is 11.6 Å². The van der Waals surface area contributed by atoms with E-state index in [-0.39, 0.29) is 13.0 Å². The third kappa shape index (κ3) is 4.10. The summed E-state index contributed by atoms with van der Waals surface area (Å²) in [4.78, 5) is -0.502. The second kappa shape index (κ2) is 6.33. The van der Waals surface area contributed by atoms with Gasteiger partial charge in [-0.25, -0.2) is 21.9 Å². The highest BCUT2D eigenvalue weighted by Crippen LogP contribution is 2.17. The predicted octanol–water partition coefficient (Wildman–Crippen LogP) is 1.96. The van der Waals surface area contributed by atoms with E-state index in [1.54, 1.807) is 6.07 Å². The quantitative estimate of drug-likeness (QED) is 0.853. The number of sulfonamides is 1. The van der Waals surface area contributed by atoms with Crippen molar-refractivity contribution in [3.05, 3.63) is 54.0 Å². The van der Waals surface area contributed by atoms with Gasteiger partial charge in [-0.1, -0.05) is 0 Å². The summed E-state index contributed by atoms with van der Waals surface area (Å²) in [5.41, 5.74) is 0.519. The molecule has 2 N–H and O–H groups in total. The number of rotatable bonds is 6. The number of aliphatic hydroxyl groups excluding tert-OH is 1. The standard InChI is InChI=1S/C13H13F2NO4S/c14-10-5-11(15)7-12(6-10)21(18,19)16-3-1-13(17)9-2-4-20-8-9/h2,4-8,13,16-17H,1,3H2. The zero-order valence-corrected chi connectivity index (χ0v) is 11.6. The highest BCUT2D eigenvalue weighted by atomic mass is 32.2. The lowest BCUT2D eigenvalue weighted by atomic mass is 10.1. The Kier molecular flexibility index (Phi) is 4.71. The molecule has 0 aliphatic heterocycles. The van der Waals surface area contributed by atoms with E-state index in [0.29, 0.717) is 11.6 Å². The van der Waals surface area contributed by atoms with Gasteiger partial charge in [-0.3, -0.25) is 0 Å². The summed E-state index contributed by atoms with van der Waals surface area (Å²) in [5.74, 6) is -1.96. The van der Waals surface area contributed by atoms with Crippen LogP contribution in [0.3, 0.4) is 0 Å². The molecule has 5 nitrogen and oxygen atoms in total. The smallest absolute Gasteiger partial charge is 0.240 e. The second-order valence-electron chi connectivity index (χ2n) is 4.36. The van der Waals surface area contributed by atoms with E-state index in [0.717, 1.165) is 12.1 Å². The monoisotopic (exact) mass is 317 g/mol. The van der Waals surface area contributed by atoms with Crippen LogP contribution in [0.4, 0.5) is 8.78 Å². The zero-order chi connectivity index (χ0) is 15.5. The Hall–Kier alpha value is -1.77. The molecular weight excluding hydrogens is 304 g/mol. The van der Waals surface area contributed by atoms with E-state index in [1.807, 2.05) is 0 Å². The van der Waals surface area contributed by atoms with Crippen LogP contribution in [0.5, 0.6) is 0 Å². The molecule has 0 fully saturated rings. The van der Waals surface area contributed by atoms with Crippen LogP contribution >= 0.6 is 0 Å². The molecule has 1 aromatic carbocycles. The maximum absolute atomic E-state index is 13.0. The van der Waals surface area contributed by atoms with Crippen LogP contribution in [0.2, 0.25) is 0 Å². The first-order valence-electron chi connectivity index (χ1n) is 6.04. The fourth-order valence-electron chi connectivity index (χ4n) is 1.73. The number of furan rings is 1. The van der Waals surface area contributed by atoms with Crippen LogP contribution in [0.1, 0.15) is 18.1 Å². The van der Waals surface area contributed by atoms with E-state index in [4.69, 9.17) is 4.42 Å². The van der Waals surface area contributed by atoms with Crippen molar-refractivity contribution in [3.63, 3.8) is 0 Å². The van der Waals surface area contributed by atoms with Crippen LogP contribution in [0, 0.1) is 11.6 Å². The normalized spacial score (nSPS) is 13.3. The fraction of sp³-hybridized carbons (Fsp3) is 0.231. The van der Waals surface area contributed by atoms with Crippen molar-refractivity contribution in [2.24, 2.45) is 0 Å². The minimum Gasteiger partial charge on any atom is -0.472 e. The average molecular weight is 317 g/mol. The topological polar surface area (TPSA) is 79.5 Å². The van der Waals surface area contributed by atoms with E-state index >= 15 is 0 Å². The van der Waals surface area contributed by atoms with Crippen molar-refractivity contribution in [2.75, 3.05) is 6.54 Å². The van der Waals surface area contributed by atoms with Gasteiger partial charge >= 0.3 is 0 Å². The number of nitrogens with one attached hydrogen (secondary N) is 1. The van der Waals surface area contributed by atoms with Crippen LogP contribution in [-0.2, 0) is 10.0 Å². The molecule has 114 valence electrons. The van der Waals surface area contributed by atoms with Gasteiger partial charge in [0.25, 0.3) is 0 Å². The van der Waals surface area contributed by atoms with Crippen LogP contribution in [-0.4, -0.2) is 20.1 Å². The number of halogens is 2. The van der Waals surface area contributed by atoms with Crippen molar-refractivity contribution in [2.45, 2.75) is 17.4 Å². The molecule has 21 heavy (non-hydrogen) atoms. The number of hydrogen-bond donors (Lipinski definition) is 2. The molecule has 0 spiro atoms. The lowest BCUT2D eigenvalue weighted by Crippen LogP contribution is -2.26. The fourth-order valence-corrected chi connectivity index (χ4v) is 2.82. The molecule has 0 saturated carbocycles. The number of hydrogen-bond acceptors (Lipinski definition) is 4. The Morgan fingerprint density at radius 3 is 2.48 bits per heavy atom. The molecule has 2 aromatic rings. The van der Waals surface area contributed by atoms with Crippen molar-refractivity contribution in [3.8, 4) is 0 Å². The minimum atomic E-state index is -4.03. The molecule has 1 aromatic heterocycles. The minimum absolute atomic E-state index is 0.0905. The zero-order valence-electron chi connectivity index (χ0n) is 10.8. The van der Waals surface area contributed by atoms with Crippen LogP contribution < -0.4 is 4.72 Å². The van der Waals surface area contributed by atoms with E-state index in [1.165, 1.54) is 12.5 Å². The predicted molar refractivity (Wildman–Crippen MR) is 69.8 cm³/mol. The lowest BCUT2D eigenvalue weighted by Gasteiger charge is -2.10. The Balaban J connectivity index is 1.98. The summed E-state index contributed by atoms with van der Waals surface area (Å²) < 4.78 is 56.7. The molecule has 1 unspecified atom stereocenters. The van der Waals surface area contributed by atoms with Gasteiger partial charge in [0.2, 0.25) is 10.0 Å². The van der Waals surface area contributed by atoms with Gasteiger partial charge in [-0.05, 0) is 24.6 Å². The van der Waals surface area contributed by atoms with Gasteiger partial charge < -0.3 is 9.52 Å². The van der Waals surface area contributed by atoms with Crippen molar-refractivity contribution < 1.29 is 26.7 Å². The molecule has 0 radical (unpaired) electrons. The summed E-state index contributed by atoms with van der Waals surface area (Å²) in [6.45, 7) is -0.0905. The largest absolute Gasteiger partial charge is 0.472 e. The average Bonchev–Trinajstić information content (AvgIpc) is 2.91. The SMILES string of the molecule is O=S(=O)(NCCC(O)c1ccoc1)c1cc(F)cc(F)c1. The molecular formula is C13H13F2NO4S. The molecule has 0 bridgehead atoms. The summed E-state index contributed by atoms with van der Waals surface area (Å²) in [5, 5.41) is 9.75. The molecule has 0 aliphatic carbocycles. The molecule has 1 heterocycles. The van der Waals surface area contributed by atoms with Crippen LogP contribution in [0.25, 0.3) is 0 Å². The van der Waals surface area contributed by atoms with Gasteiger partial charge in [-0.2, -0.15) is 0 Å². The first-order chi connectivity index (χ1) is 9.88. The Labute approximate surface area is 120 Å². The van der Waals surface area contributed by atoms with E-state index in [9.17, 15) is 22.3 Å². The summed E-state index contributed by atoms with van der Waals surface area (Å²) >= 11 is 0. The molecule has 2 rings (SSSR count). The maximum atomic E-state index is 13.0. The highest BCUT2D eigenvalue weighted by molar-refractivity contribution is 7.89. The third-order valence-electron chi connectivity index (χ3n) is 2.78. The molecule has 1 atom stereocenters. The van der Waals surface area contributed by atoms with Gasteiger partial charge in [0, 0.05) is 18.2 Å². The summed E-state index contributed by atoms with van der Waals surface area (Å²) in [6, 6.07) is 3.58. The Morgan fingerprint density at radius 2 is 1.90 bits per heavy atom. The third-order valence-corrected chi connectivity index (χ3v) is 4.22. The lowest BCUT2D eigenvalue weighted by molar-refractivity contribution is 0.168. The number of benzene rings is 1. The molecule has 8 heteroatoms. The Bertz CT molecular complexity index is 681. The van der Waals surface area contributed by atoms with E-state index in [2.05, 4.69) is 4.72 Å². The molecule has 0 amide bonds. The summed E-state index contributed by atoms with van der Waals surface area (Å²) in [6.07, 6.45) is 1.94. The maximum Gasteiger partial charge on any atom is 0.240 e. The highest BCUT2D eigenvalue weighted by Gasteiger charge is 2.17.